The minimum atomic E-state index is -0.124. The molecule has 0 aliphatic carbocycles. The Hall–Kier alpha value is -1.24. The van der Waals surface area contributed by atoms with Crippen LogP contribution in [0.25, 0.3) is 6.08 Å². The summed E-state index contributed by atoms with van der Waals surface area (Å²) in [5.74, 6) is 0. The van der Waals surface area contributed by atoms with Gasteiger partial charge in [0.2, 0.25) is 0 Å². The van der Waals surface area contributed by atoms with E-state index in [0.29, 0.717) is 0 Å². The Bertz CT molecular complexity index is 387. The minimum absolute atomic E-state index is 0.124. The molecule has 60 valence electrons. The Kier molecular flexibility index (Phi) is 1.86. The molecule has 0 radical (unpaired) electrons. The Balaban J connectivity index is 2.68. The van der Waals surface area contributed by atoms with Crippen molar-refractivity contribution in [3.05, 3.63) is 42.6 Å². The largest absolute Gasteiger partial charge is 0.332 e. The average Bonchev–Trinajstić information content (AvgIpc) is 2.17. The first-order valence-electron chi connectivity index (χ1n) is 3.70. The normalized spacial score (nSPS) is 19.2. The fourth-order valence-corrected chi connectivity index (χ4v) is 2.34. The van der Waals surface area contributed by atoms with E-state index in [1.165, 1.54) is 10.5 Å². The maximum Gasteiger partial charge on any atom is 0.0359 e. The molecule has 1 N–H and O–H groups in total. The van der Waals surface area contributed by atoms with Crippen LogP contribution in [-0.4, -0.2) is 5.02 Å². The number of hydrogen-bond donors (Lipinski definition) is 1. The van der Waals surface area contributed by atoms with Crippen molar-refractivity contribution in [2.45, 2.75) is 4.90 Å². The Morgan fingerprint density at radius 1 is 1.33 bits per heavy atom. The highest BCUT2D eigenvalue weighted by atomic mass is 32.2. The zero-order chi connectivity index (χ0) is 8.39. The molecular formula is C10H9NS. The van der Waals surface area contributed by atoms with Crippen LogP contribution in [0.3, 0.4) is 0 Å². The van der Waals surface area contributed by atoms with E-state index in [1.807, 2.05) is 18.3 Å². The lowest BCUT2D eigenvalue weighted by Crippen LogP contribution is -2.01. The van der Waals surface area contributed by atoms with Crippen LogP contribution in [0.15, 0.2) is 41.9 Å². The summed E-state index contributed by atoms with van der Waals surface area (Å²) < 4.78 is 3.20. The molecule has 0 fully saturated rings. The molecule has 0 saturated heterocycles. The lowest BCUT2D eigenvalue weighted by molar-refractivity contribution is 1.31. The standard InChI is InChI=1S/C10H9NS/c1-2-12-10-6-4-3-5-9(10)7-8-11-12/h3-8,11H,1H2. The highest BCUT2D eigenvalue weighted by molar-refractivity contribution is 8.13. The summed E-state index contributed by atoms with van der Waals surface area (Å²) in [6, 6.07) is 8.28. The van der Waals surface area contributed by atoms with Crippen molar-refractivity contribution in [3.63, 3.8) is 0 Å². The first-order valence-corrected chi connectivity index (χ1v) is 4.93. The second-order valence-corrected chi connectivity index (χ2v) is 4.02. The zero-order valence-corrected chi connectivity index (χ0v) is 7.40. The summed E-state index contributed by atoms with van der Waals surface area (Å²) in [7, 11) is -0.124. The van der Waals surface area contributed by atoms with E-state index in [1.54, 1.807) is 0 Å². The molecule has 0 saturated carbocycles. The SMILES string of the molecule is C=C=S1NC=Cc2ccccc21. The van der Waals surface area contributed by atoms with Crippen LogP contribution in [0.1, 0.15) is 5.56 Å². The third-order valence-electron chi connectivity index (χ3n) is 1.73. The molecule has 1 aromatic carbocycles. The van der Waals surface area contributed by atoms with Gasteiger partial charge in [-0.2, -0.15) is 0 Å². The molecule has 1 aliphatic heterocycles. The van der Waals surface area contributed by atoms with Crippen molar-refractivity contribution in [2.75, 3.05) is 0 Å². The molecule has 0 bridgehead atoms. The predicted molar refractivity (Wildman–Crippen MR) is 55.1 cm³/mol. The number of hydrogen-bond acceptors (Lipinski definition) is 1. The topological polar surface area (TPSA) is 12.0 Å². The summed E-state index contributed by atoms with van der Waals surface area (Å²) in [6.45, 7) is 3.67. The van der Waals surface area contributed by atoms with E-state index >= 15 is 0 Å². The maximum atomic E-state index is 3.67. The Labute approximate surface area is 74.5 Å². The van der Waals surface area contributed by atoms with Crippen LogP contribution in [0, 0.1) is 0 Å². The lowest BCUT2D eigenvalue weighted by Gasteiger charge is -2.13. The molecule has 1 nitrogen and oxygen atoms in total. The van der Waals surface area contributed by atoms with Crippen LogP contribution in [-0.2, 0) is 0 Å². The molecule has 2 rings (SSSR count). The molecule has 0 amide bonds. The second kappa shape index (κ2) is 3.02. The number of fused-ring (bicyclic) bond motifs is 1. The smallest absolute Gasteiger partial charge is 0.0359 e. The molecule has 2 heteroatoms. The Morgan fingerprint density at radius 2 is 2.17 bits per heavy atom. The van der Waals surface area contributed by atoms with Crippen molar-refractivity contribution in [1.82, 2.24) is 4.72 Å². The first kappa shape index (κ1) is 7.41. The summed E-state index contributed by atoms with van der Waals surface area (Å²) >= 11 is 0. The summed E-state index contributed by atoms with van der Waals surface area (Å²) in [4.78, 5) is 1.27. The van der Waals surface area contributed by atoms with E-state index in [4.69, 9.17) is 0 Å². The number of benzene rings is 1. The third-order valence-corrected chi connectivity index (χ3v) is 3.20. The van der Waals surface area contributed by atoms with Gasteiger partial charge in [-0.15, -0.1) is 0 Å². The van der Waals surface area contributed by atoms with Crippen LogP contribution in [0.4, 0.5) is 0 Å². The van der Waals surface area contributed by atoms with Crippen molar-refractivity contribution in [3.8, 4) is 0 Å². The molecule has 1 unspecified atom stereocenters. The molecule has 12 heavy (non-hydrogen) atoms. The molecular weight excluding hydrogens is 166 g/mol. The molecule has 1 atom stereocenters. The monoisotopic (exact) mass is 175 g/mol. The van der Waals surface area contributed by atoms with Gasteiger partial charge >= 0.3 is 0 Å². The maximum absolute atomic E-state index is 3.67. The third kappa shape index (κ3) is 1.11. The van der Waals surface area contributed by atoms with Crippen molar-refractivity contribution in [1.29, 1.82) is 0 Å². The van der Waals surface area contributed by atoms with Crippen LogP contribution in [0.2, 0.25) is 0 Å². The summed E-state index contributed by atoms with van der Waals surface area (Å²) in [6.07, 6.45) is 4.01. The van der Waals surface area contributed by atoms with E-state index < -0.39 is 0 Å². The molecule has 1 aliphatic rings. The van der Waals surface area contributed by atoms with E-state index in [0.717, 1.165) is 0 Å². The fraction of sp³-hybridized carbons (Fsp3) is 0. The second-order valence-electron chi connectivity index (χ2n) is 2.44. The van der Waals surface area contributed by atoms with Gasteiger partial charge in [0.1, 0.15) is 0 Å². The lowest BCUT2D eigenvalue weighted by atomic mass is 10.2. The van der Waals surface area contributed by atoms with Gasteiger partial charge in [-0.05, 0) is 35.0 Å². The molecule has 1 heterocycles. The average molecular weight is 175 g/mol. The van der Waals surface area contributed by atoms with Gasteiger partial charge in [-0.3, -0.25) is 0 Å². The van der Waals surface area contributed by atoms with Gasteiger partial charge in [0, 0.05) is 11.1 Å². The van der Waals surface area contributed by atoms with Gasteiger partial charge in [-0.25, -0.2) is 0 Å². The van der Waals surface area contributed by atoms with Gasteiger partial charge in [0.05, 0.1) is 0 Å². The van der Waals surface area contributed by atoms with E-state index in [9.17, 15) is 0 Å². The highest BCUT2D eigenvalue weighted by Crippen LogP contribution is 2.29. The quantitative estimate of drug-likeness (QED) is 0.597. The summed E-state index contributed by atoms with van der Waals surface area (Å²) in [5.41, 5.74) is 1.26. The van der Waals surface area contributed by atoms with Gasteiger partial charge in [-0.1, -0.05) is 23.2 Å². The Morgan fingerprint density at radius 3 is 3.00 bits per heavy atom. The van der Waals surface area contributed by atoms with E-state index in [-0.39, 0.29) is 10.7 Å². The zero-order valence-electron chi connectivity index (χ0n) is 6.58. The predicted octanol–water partition coefficient (Wildman–Crippen LogP) is 2.39. The van der Waals surface area contributed by atoms with Crippen LogP contribution < -0.4 is 4.72 Å². The molecule has 0 aromatic heterocycles. The first-order chi connectivity index (χ1) is 5.92. The molecule has 0 spiro atoms. The van der Waals surface area contributed by atoms with Gasteiger partial charge in [0.15, 0.2) is 0 Å². The number of rotatable bonds is 0. The van der Waals surface area contributed by atoms with Crippen LogP contribution in [0.5, 0.6) is 0 Å². The molecule has 1 aromatic rings. The van der Waals surface area contributed by atoms with Crippen molar-refractivity contribution < 1.29 is 0 Å². The van der Waals surface area contributed by atoms with Gasteiger partial charge < -0.3 is 4.72 Å². The van der Waals surface area contributed by atoms with Crippen LogP contribution >= 0.6 is 10.7 Å². The minimum Gasteiger partial charge on any atom is -0.332 e. The van der Waals surface area contributed by atoms with Crippen molar-refractivity contribution >= 4 is 21.8 Å². The number of nitrogens with one attached hydrogen (secondary N) is 1. The van der Waals surface area contributed by atoms with E-state index in [2.05, 4.69) is 34.5 Å². The van der Waals surface area contributed by atoms with Crippen molar-refractivity contribution in [2.24, 2.45) is 0 Å². The fourth-order valence-electron chi connectivity index (χ4n) is 1.18. The summed E-state index contributed by atoms with van der Waals surface area (Å²) in [5, 5.41) is 2.98. The van der Waals surface area contributed by atoms with Gasteiger partial charge in [0.25, 0.3) is 0 Å². The highest BCUT2D eigenvalue weighted by Gasteiger charge is 2.05.